The summed E-state index contributed by atoms with van der Waals surface area (Å²) < 4.78 is 42.1. The van der Waals surface area contributed by atoms with Gasteiger partial charge < -0.3 is 43.7 Å². The molecule has 14 rings (SSSR count). The molecule has 6 fully saturated rings. The summed E-state index contributed by atoms with van der Waals surface area (Å²) >= 11 is 0. The lowest BCUT2D eigenvalue weighted by atomic mass is 10.0. The Morgan fingerprint density at radius 1 is 0.540 bits per heavy atom. The van der Waals surface area contributed by atoms with Gasteiger partial charge in [-0.05, 0) is 216 Å². The van der Waals surface area contributed by atoms with E-state index in [9.17, 15) is 14.4 Å². The van der Waals surface area contributed by atoms with Crippen LogP contribution >= 0.6 is 12.4 Å². The van der Waals surface area contributed by atoms with Crippen LogP contribution in [0, 0.1) is 39.3 Å². The molecule has 2 aliphatic carbocycles. The number of anilines is 4. The molecule has 2 saturated carbocycles. The summed E-state index contributed by atoms with van der Waals surface area (Å²) in [6.07, 6.45) is 23.2. The molecule has 532 valence electrons. The standard InChI is InChI=1S/C42H54FN7O3.C37H46FN7O.ClH/c1-28-9-10-34(23-45-28)48-17-7-8-35(27-48)49(24-30-13-16-44-29(2)20-30)25-31-26-50(33-11-12-33)38-22-39(37(43)21-36(38)40(31)51)47-18-14-32(15-19-47)46(6)41(52)53-42(3,4)5;1-25-6-7-31(20-41-25)43-14-4-5-32(24-43)44(21-27-10-13-40-26(2)17-27)22-28-23-45(30-8-9-30)35-19-36(34(38)18-33(35)37(28)46)42-15-11-29(39-3)12-16-42;/h9-10,13,16,20-23,26,32-33,35H,7-8,11-12,14-15,17-19,24-25,27H2,1-6H3;6-7,10,13,17-20,23,29-30,32,39H,4-5,8-9,11-12,14-16,21-22,24H2,1-3H3;1H/t35-;32-;/m00./s1. The molecule has 1 amide bonds. The number of amides is 1. The number of fused-ring (bicyclic) bond motifs is 2. The van der Waals surface area contributed by atoms with Gasteiger partial charge in [0.2, 0.25) is 0 Å². The van der Waals surface area contributed by atoms with Crippen molar-refractivity contribution in [3.8, 4) is 0 Å². The van der Waals surface area contributed by atoms with Crippen molar-refractivity contribution < 1.29 is 18.3 Å². The van der Waals surface area contributed by atoms with E-state index < -0.39 is 5.60 Å². The van der Waals surface area contributed by atoms with Crippen molar-refractivity contribution in [1.82, 2.24) is 49.1 Å². The van der Waals surface area contributed by atoms with Crippen molar-refractivity contribution in [2.24, 2.45) is 0 Å². The highest BCUT2D eigenvalue weighted by Crippen LogP contribution is 2.41. The van der Waals surface area contributed by atoms with Gasteiger partial charge in [0, 0.05) is 191 Å². The first-order valence-corrected chi connectivity index (χ1v) is 36.2. The van der Waals surface area contributed by atoms with Gasteiger partial charge in [-0.2, -0.15) is 0 Å². The third kappa shape index (κ3) is 16.9. The number of carbonyl (C=O) groups excluding carboxylic acids is 1. The van der Waals surface area contributed by atoms with Crippen LogP contribution in [0.3, 0.4) is 0 Å². The van der Waals surface area contributed by atoms with Gasteiger partial charge in [0.05, 0.1) is 46.2 Å². The number of rotatable bonds is 18. The number of ether oxygens (including phenoxy) is 1. The van der Waals surface area contributed by atoms with Crippen LogP contribution in [0.25, 0.3) is 21.8 Å². The van der Waals surface area contributed by atoms with Gasteiger partial charge in [-0.3, -0.25) is 39.3 Å². The maximum Gasteiger partial charge on any atom is 0.410 e. The van der Waals surface area contributed by atoms with E-state index in [1.807, 2.05) is 92.4 Å². The Morgan fingerprint density at radius 3 is 1.37 bits per heavy atom. The molecule has 2 aromatic carbocycles. The third-order valence-electron chi connectivity index (χ3n) is 21.3. The average molecular weight is 1380 g/mol. The van der Waals surface area contributed by atoms with Gasteiger partial charge in [-0.1, -0.05) is 0 Å². The molecule has 100 heavy (non-hydrogen) atoms. The van der Waals surface area contributed by atoms with E-state index in [0.717, 1.165) is 160 Å². The molecular formula is C79H101ClF2N14O4. The Bertz CT molecular complexity index is 4290. The Morgan fingerprint density at radius 2 is 0.980 bits per heavy atom. The number of hydrogen-bond acceptors (Lipinski definition) is 15. The monoisotopic (exact) mass is 1380 g/mol. The second-order valence-corrected chi connectivity index (χ2v) is 30.0. The van der Waals surface area contributed by atoms with E-state index >= 15 is 8.78 Å². The Balaban J connectivity index is 0.000000189. The van der Waals surface area contributed by atoms with Crippen molar-refractivity contribution in [2.45, 2.75) is 194 Å². The number of aromatic nitrogens is 6. The zero-order valence-electron chi connectivity index (χ0n) is 59.9. The third-order valence-corrected chi connectivity index (χ3v) is 21.3. The smallest absolute Gasteiger partial charge is 0.410 e. The molecule has 8 aromatic rings. The maximum absolute atomic E-state index is 16.1. The Kier molecular flexibility index (Phi) is 22.3. The van der Waals surface area contributed by atoms with Gasteiger partial charge in [0.15, 0.2) is 10.9 Å². The molecule has 4 saturated heterocycles. The number of carbonyl (C=O) groups is 1. The normalized spacial score (nSPS) is 18.7. The molecule has 18 nitrogen and oxygen atoms in total. The highest BCUT2D eigenvalue weighted by molar-refractivity contribution is 5.86. The molecule has 0 spiro atoms. The van der Waals surface area contributed by atoms with Crippen LogP contribution in [0.5, 0.6) is 0 Å². The number of pyridine rings is 6. The van der Waals surface area contributed by atoms with E-state index in [-0.39, 0.29) is 59.1 Å². The summed E-state index contributed by atoms with van der Waals surface area (Å²) in [5.41, 5.74) is 12.0. The van der Waals surface area contributed by atoms with E-state index in [1.165, 1.54) is 17.7 Å². The number of nitrogens with one attached hydrogen (secondary N) is 1. The van der Waals surface area contributed by atoms with Gasteiger partial charge in [0.25, 0.3) is 0 Å². The topological polar surface area (TPSA) is 157 Å². The maximum atomic E-state index is 16.1. The SMILES string of the molecule is CNC1CCN(c2cc3c(cc2F)c(=O)c(CN(Cc2ccnc(C)c2)[C@H]2CCCN(c4ccc(C)nc4)C2)cn3C2CC2)CC1.Cc1ccc(N2CCC[C@H](N(Cc3ccnc(C)c3)Cc3cn(C4CC4)c4cc(N5CCC(N(C)C(=O)OC(C)(C)C)CC5)c(F)cc4c3=O)C2)cn1.Cl. The van der Waals surface area contributed by atoms with Crippen LogP contribution in [0.15, 0.2) is 120 Å². The minimum atomic E-state index is -0.564. The molecule has 0 unspecified atom stereocenters. The summed E-state index contributed by atoms with van der Waals surface area (Å²) in [5, 5.41) is 4.29. The molecule has 6 aliphatic rings. The van der Waals surface area contributed by atoms with Crippen molar-refractivity contribution in [3.63, 3.8) is 0 Å². The quantitative estimate of drug-likeness (QED) is 0.0865. The fourth-order valence-corrected chi connectivity index (χ4v) is 15.4. The first-order valence-electron chi connectivity index (χ1n) is 36.2. The number of piperidine rings is 4. The number of halogens is 3. The van der Waals surface area contributed by atoms with Gasteiger partial charge in [-0.25, -0.2) is 13.6 Å². The van der Waals surface area contributed by atoms with Crippen molar-refractivity contribution >= 4 is 63.1 Å². The number of hydrogen-bond donors (Lipinski definition) is 1. The lowest BCUT2D eigenvalue weighted by Crippen LogP contribution is -2.48. The van der Waals surface area contributed by atoms with Crippen molar-refractivity contribution in [1.29, 1.82) is 0 Å². The fraction of sp³-hybridized carbons (Fsp3) is 0.506. The van der Waals surface area contributed by atoms with Crippen LogP contribution in [0.2, 0.25) is 0 Å². The Labute approximate surface area is 594 Å². The van der Waals surface area contributed by atoms with Gasteiger partial charge in [-0.15, -0.1) is 12.4 Å². The predicted octanol–water partition coefficient (Wildman–Crippen LogP) is 13.6. The average Bonchev–Trinajstić information content (AvgIpc) is 1.47. The lowest BCUT2D eigenvalue weighted by molar-refractivity contribution is 0.0200. The zero-order chi connectivity index (χ0) is 69.2. The van der Waals surface area contributed by atoms with Crippen LogP contribution in [0.1, 0.15) is 155 Å². The highest BCUT2D eigenvalue weighted by Gasteiger charge is 2.35. The minimum Gasteiger partial charge on any atom is -0.444 e. The first kappa shape index (κ1) is 71.8. The summed E-state index contributed by atoms with van der Waals surface area (Å²) in [4.78, 5) is 74.9. The zero-order valence-corrected chi connectivity index (χ0v) is 60.8. The van der Waals surface area contributed by atoms with Crippen molar-refractivity contribution in [2.75, 3.05) is 86.1 Å². The molecule has 10 heterocycles. The molecule has 6 aromatic heterocycles. The fourth-order valence-electron chi connectivity index (χ4n) is 15.4. The first-order chi connectivity index (χ1) is 47.7. The van der Waals surface area contributed by atoms with Crippen LogP contribution in [0.4, 0.5) is 36.3 Å². The largest absolute Gasteiger partial charge is 0.444 e. The van der Waals surface area contributed by atoms with Gasteiger partial charge >= 0.3 is 6.09 Å². The van der Waals surface area contributed by atoms with Crippen LogP contribution in [-0.2, 0) is 30.9 Å². The van der Waals surface area contributed by atoms with Crippen LogP contribution in [-0.4, -0.2) is 146 Å². The molecule has 0 radical (unpaired) electrons. The second kappa shape index (κ2) is 31.1. The van der Waals surface area contributed by atoms with Crippen molar-refractivity contribution in [3.05, 3.63) is 187 Å². The van der Waals surface area contributed by atoms with E-state index in [4.69, 9.17) is 4.74 Å². The predicted molar refractivity (Wildman–Crippen MR) is 399 cm³/mol. The number of nitrogens with zero attached hydrogens (tertiary/aromatic N) is 13. The van der Waals surface area contributed by atoms with Crippen LogP contribution < -0.4 is 35.8 Å². The lowest BCUT2D eigenvalue weighted by Gasteiger charge is -2.40. The molecule has 2 atom stereocenters. The minimum absolute atomic E-state index is 0. The molecule has 21 heteroatoms. The second-order valence-electron chi connectivity index (χ2n) is 30.0. The summed E-state index contributed by atoms with van der Waals surface area (Å²) in [6, 6.07) is 25.2. The molecule has 4 aliphatic heterocycles. The highest BCUT2D eigenvalue weighted by atomic mass is 35.5. The van der Waals surface area contributed by atoms with E-state index in [1.54, 1.807) is 11.9 Å². The van der Waals surface area contributed by atoms with Gasteiger partial charge in [0.1, 0.15) is 17.2 Å². The number of aryl methyl sites for hydroxylation is 4. The van der Waals surface area contributed by atoms with E-state index in [0.29, 0.717) is 97.9 Å². The molecule has 0 bridgehead atoms. The molecule has 1 N–H and O–H groups in total. The summed E-state index contributed by atoms with van der Waals surface area (Å²) in [7, 11) is 3.77. The summed E-state index contributed by atoms with van der Waals surface area (Å²) in [6.45, 7) is 22.5. The van der Waals surface area contributed by atoms with E-state index in [2.05, 4.69) is 125 Å². The number of benzene rings is 2. The molecular weight excluding hydrogens is 1280 g/mol. The Hall–Kier alpha value is -8.04. The summed E-state index contributed by atoms with van der Waals surface area (Å²) in [5.74, 6) is -0.683.